The van der Waals surface area contributed by atoms with Gasteiger partial charge in [-0.2, -0.15) is 0 Å². The maximum atomic E-state index is 10.5. The van der Waals surface area contributed by atoms with Gasteiger partial charge < -0.3 is 9.53 Å². The molecule has 0 saturated heterocycles. The van der Waals surface area contributed by atoms with Gasteiger partial charge in [-0.25, -0.2) is 0 Å². The first-order chi connectivity index (χ1) is 9.67. The van der Waals surface area contributed by atoms with Crippen LogP contribution in [0, 0.1) is 10.1 Å². The number of rotatable bonds is 8. The van der Waals surface area contributed by atoms with E-state index in [2.05, 4.69) is 0 Å². The van der Waals surface area contributed by atoms with Crippen molar-refractivity contribution < 1.29 is 14.5 Å². The van der Waals surface area contributed by atoms with Gasteiger partial charge in [-0.05, 0) is 36.3 Å². The molecule has 5 nitrogen and oxygen atoms in total. The first-order valence-electron chi connectivity index (χ1n) is 6.33. The number of carbonyl (C=O) groups excluding carboxylic acids is 1. The van der Waals surface area contributed by atoms with E-state index in [-0.39, 0.29) is 5.69 Å². The molecular formula is C15H17NO4. The number of nitrogens with zero attached hydrogens (tertiary/aromatic N) is 1. The molecule has 0 bridgehead atoms. The molecule has 0 saturated carbocycles. The van der Waals surface area contributed by atoms with Crippen LogP contribution in [0.15, 0.2) is 48.3 Å². The van der Waals surface area contributed by atoms with Gasteiger partial charge in [0.05, 0.1) is 4.92 Å². The van der Waals surface area contributed by atoms with Crippen LogP contribution in [0.5, 0.6) is 0 Å². The molecule has 0 aromatic heterocycles. The Kier molecular flexibility index (Phi) is 6.75. The summed E-state index contributed by atoms with van der Waals surface area (Å²) in [4.78, 5) is 20.3. The lowest BCUT2D eigenvalue weighted by atomic mass is 10.2. The number of hydrogen-bond acceptors (Lipinski definition) is 4. The van der Waals surface area contributed by atoms with Gasteiger partial charge in [0.1, 0.15) is 18.7 Å². The van der Waals surface area contributed by atoms with Crippen molar-refractivity contribution in [3.8, 4) is 0 Å². The fourth-order valence-corrected chi connectivity index (χ4v) is 1.50. The van der Waals surface area contributed by atoms with Crippen LogP contribution in [0.4, 0.5) is 5.69 Å². The average molecular weight is 275 g/mol. The second-order valence-electron chi connectivity index (χ2n) is 4.03. The highest BCUT2D eigenvalue weighted by atomic mass is 16.6. The van der Waals surface area contributed by atoms with E-state index in [9.17, 15) is 14.9 Å². The van der Waals surface area contributed by atoms with Crippen LogP contribution < -0.4 is 0 Å². The predicted molar refractivity (Wildman–Crippen MR) is 76.1 cm³/mol. The summed E-state index contributed by atoms with van der Waals surface area (Å²) >= 11 is 0. The molecule has 0 fully saturated rings. The molecule has 0 aliphatic rings. The van der Waals surface area contributed by atoms with E-state index in [0.29, 0.717) is 18.8 Å². The van der Waals surface area contributed by atoms with Crippen LogP contribution in [0.25, 0.3) is 0 Å². The highest BCUT2D eigenvalue weighted by molar-refractivity contribution is 5.52. The number of aldehydes is 1. The molecule has 0 aliphatic heterocycles. The lowest BCUT2D eigenvalue weighted by Crippen LogP contribution is -1.93. The molecule has 20 heavy (non-hydrogen) atoms. The van der Waals surface area contributed by atoms with Crippen LogP contribution in [-0.4, -0.2) is 11.2 Å². The van der Waals surface area contributed by atoms with Crippen molar-refractivity contribution in [2.24, 2.45) is 0 Å². The number of non-ortho nitro benzene ring substituents is 1. The molecule has 0 aliphatic carbocycles. The zero-order valence-electron chi connectivity index (χ0n) is 11.3. The van der Waals surface area contributed by atoms with E-state index in [4.69, 9.17) is 4.74 Å². The first kappa shape index (κ1) is 15.6. The molecule has 0 radical (unpaired) electrons. The van der Waals surface area contributed by atoms with Gasteiger partial charge in [0.15, 0.2) is 0 Å². The highest BCUT2D eigenvalue weighted by Crippen LogP contribution is 2.14. The summed E-state index contributed by atoms with van der Waals surface area (Å²) in [6, 6.07) is 6.22. The van der Waals surface area contributed by atoms with E-state index >= 15 is 0 Å². The fourth-order valence-electron chi connectivity index (χ4n) is 1.50. The quantitative estimate of drug-likeness (QED) is 0.239. The molecule has 0 amide bonds. The Balaban J connectivity index is 2.60. The molecule has 106 valence electrons. The number of benzene rings is 1. The standard InChI is InChI=1S/C15H17NO4/c1-2-5-15(6-3-4-11-17)20-12-13-7-9-14(10-8-13)16(18)19/h3,5-11H,2,4,12H2,1H3/b6-3-,15-5+. The van der Waals surface area contributed by atoms with Gasteiger partial charge in [-0.1, -0.05) is 13.0 Å². The Morgan fingerprint density at radius 2 is 2.05 bits per heavy atom. The minimum absolute atomic E-state index is 0.0592. The molecule has 0 spiro atoms. The molecule has 0 N–H and O–H groups in total. The lowest BCUT2D eigenvalue weighted by molar-refractivity contribution is -0.384. The maximum Gasteiger partial charge on any atom is 0.269 e. The van der Waals surface area contributed by atoms with Crippen molar-refractivity contribution in [3.05, 3.63) is 63.9 Å². The molecule has 0 unspecified atom stereocenters. The molecular weight excluding hydrogens is 258 g/mol. The molecule has 1 aromatic rings. The topological polar surface area (TPSA) is 69.4 Å². The van der Waals surface area contributed by atoms with Crippen LogP contribution in [0.1, 0.15) is 25.3 Å². The van der Waals surface area contributed by atoms with Crippen molar-refractivity contribution in [2.75, 3.05) is 0 Å². The van der Waals surface area contributed by atoms with Crippen LogP contribution in [0.2, 0.25) is 0 Å². The van der Waals surface area contributed by atoms with Gasteiger partial charge >= 0.3 is 0 Å². The third-order valence-corrected chi connectivity index (χ3v) is 2.47. The normalized spacial score (nSPS) is 11.6. The monoisotopic (exact) mass is 275 g/mol. The van der Waals surface area contributed by atoms with Crippen molar-refractivity contribution in [2.45, 2.75) is 26.4 Å². The van der Waals surface area contributed by atoms with E-state index in [0.717, 1.165) is 18.3 Å². The summed E-state index contributed by atoms with van der Waals surface area (Å²) in [6.07, 6.45) is 7.37. The second kappa shape index (κ2) is 8.63. The second-order valence-corrected chi connectivity index (χ2v) is 4.03. The number of allylic oxidation sites excluding steroid dienone is 3. The molecule has 1 aromatic carbocycles. The van der Waals surface area contributed by atoms with E-state index in [1.54, 1.807) is 24.3 Å². The molecule has 5 heteroatoms. The number of carbonyl (C=O) groups is 1. The number of nitro groups is 1. The Hall–Kier alpha value is -2.43. The van der Waals surface area contributed by atoms with Gasteiger partial charge in [0.25, 0.3) is 5.69 Å². The summed E-state index contributed by atoms with van der Waals surface area (Å²) in [5.74, 6) is 0.688. The summed E-state index contributed by atoms with van der Waals surface area (Å²) in [5.41, 5.74) is 0.908. The van der Waals surface area contributed by atoms with E-state index in [1.807, 2.05) is 13.0 Å². The van der Waals surface area contributed by atoms with Crippen molar-refractivity contribution in [1.82, 2.24) is 0 Å². The predicted octanol–water partition coefficient (Wildman–Crippen LogP) is 3.55. The smallest absolute Gasteiger partial charge is 0.269 e. The van der Waals surface area contributed by atoms with Crippen LogP contribution in [0.3, 0.4) is 0 Å². The Labute approximate surface area is 117 Å². The SMILES string of the molecule is CC/C=C(\C=C/CC=O)OCc1ccc([N+](=O)[O-])cc1. The van der Waals surface area contributed by atoms with Gasteiger partial charge in [-0.3, -0.25) is 10.1 Å². The summed E-state index contributed by atoms with van der Waals surface area (Å²) in [7, 11) is 0. The summed E-state index contributed by atoms with van der Waals surface area (Å²) < 4.78 is 5.60. The van der Waals surface area contributed by atoms with Crippen molar-refractivity contribution in [3.63, 3.8) is 0 Å². The van der Waals surface area contributed by atoms with Gasteiger partial charge in [0.2, 0.25) is 0 Å². The Morgan fingerprint density at radius 3 is 2.60 bits per heavy atom. The van der Waals surface area contributed by atoms with E-state index in [1.165, 1.54) is 12.1 Å². The largest absolute Gasteiger partial charge is 0.489 e. The third kappa shape index (κ3) is 5.48. The summed E-state index contributed by atoms with van der Waals surface area (Å²) in [5, 5.41) is 10.5. The van der Waals surface area contributed by atoms with Crippen molar-refractivity contribution in [1.29, 1.82) is 0 Å². The minimum Gasteiger partial charge on any atom is -0.489 e. The molecule has 0 heterocycles. The first-order valence-corrected chi connectivity index (χ1v) is 6.33. The van der Waals surface area contributed by atoms with Gasteiger partial charge in [0, 0.05) is 18.6 Å². The number of hydrogen-bond donors (Lipinski definition) is 0. The van der Waals surface area contributed by atoms with E-state index < -0.39 is 4.92 Å². The van der Waals surface area contributed by atoms with Gasteiger partial charge in [-0.15, -0.1) is 0 Å². The third-order valence-electron chi connectivity index (χ3n) is 2.47. The van der Waals surface area contributed by atoms with Crippen molar-refractivity contribution >= 4 is 12.0 Å². The highest BCUT2D eigenvalue weighted by Gasteiger charge is 2.04. The lowest BCUT2D eigenvalue weighted by Gasteiger charge is -2.07. The molecule has 0 atom stereocenters. The fraction of sp³-hybridized carbons (Fsp3) is 0.267. The minimum atomic E-state index is -0.435. The Morgan fingerprint density at radius 1 is 1.35 bits per heavy atom. The maximum absolute atomic E-state index is 10.5. The average Bonchev–Trinajstić information content (AvgIpc) is 2.45. The number of ether oxygens (including phenoxy) is 1. The number of nitro benzene ring substituents is 1. The zero-order chi connectivity index (χ0) is 14.8. The zero-order valence-corrected chi connectivity index (χ0v) is 11.3. The Bertz CT molecular complexity index is 503. The molecule has 1 rings (SSSR count). The van der Waals surface area contributed by atoms with Crippen LogP contribution >= 0.6 is 0 Å². The van der Waals surface area contributed by atoms with Crippen LogP contribution in [-0.2, 0) is 16.1 Å². The summed E-state index contributed by atoms with van der Waals surface area (Å²) in [6.45, 7) is 2.32.